The highest BCUT2D eigenvalue weighted by Gasteiger charge is 2.30. The van der Waals surface area contributed by atoms with Gasteiger partial charge in [0.1, 0.15) is 0 Å². The molecular formula is C18H25Cl2N5O3. The summed E-state index contributed by atoms with van der Waals surface area (Å²) in [4.78, 5) is 44.2. The Morgan fingerprint density at radius 3 is 2.57 bits per heavy atom. The highest BCUT2D eigenvalue weighted by atomic mass is 35.5. The monoisotopic (exact) mass is 429 g/mol. The van der Waals surface area contributed by atoms with Gasteiger partial charge in [0.05, 0.1) is 10.9 Å². The Hall–Kier alpha value is -1.90. The van der Waals surface area contributed by atoms with Crippen LogP contribution in [-0.4, -0.2) is 33.0 Å². The van der Waals surface area contributed by atoms with Crippen molar-refractivity contribution in [2.45, 2.75) is 51.1 Å². The van der Waals surface area contributed by atoms with Gasteiger partial charge in [0.25, 0.3) is 11.5 Å². The zero-order valence-corrected chi connectivity index (χ0v) is 17.2. The van der Waals surface area contributed by atoms with Crippen LogP contribution in [0.15, 0.2) is 15.7 Å². The number of fused-ring (bicyclic) bond motifs is 1. The topological polar surface area (TPSA) is 123 Å². The second-order valence-electron chi connectivity index (χ2n) is 7.28. The number of amides is 1. The number of carbonyl (C=O) groups is 1. The van der Waals surface area contributed by atoms with Crippen molar-refractivity contribution in [2.75, 3.05) is 6.54 Å². The summed E-state index contributed by atoms with van der Waals surface area (Å²) < 4.78 is 1.40. The van der Waals surface area contributed by atoms with Gasteiger partial charge in [-0.1, -0.05) is 0 Å². The molecule has 4 N–H and O–H groups in total. The molecule has 2 heterocycles. The van der Waals surface area contributed by atoms with Gasteiger partial charge in [-0.3, -0.25) is 19.1 Å². The summed E-state index contributed by atoms with van der Waals surface area (Å²) in [6, 6.07) is 1.62. The molecule has 1 amide bonds. The minimum absolute atomic E-state index is 0. The van der Waals surface area contributed by atoms with Gasteiger partial charge in [-0.2, -0.15) is 0 Å². The van der Waals surface area contributed by atoms with Gasteiger partial charge in [0, 0.05) is 30.7 Å². The third-order valence-corrected chi connectivity index (χ3v) is 5.25. The van der Waals surface area contributed by atoms with Crippen molar-refractivity contribution in [3.63, 3.8) is 0 Å². The van der Waals surface area contributed by atoms with Crippen LogP contribution in [0.1, 0.15) is 54.6 Å². The molecule has 2 aromatic rings. The van der Waals surface area contributed by atoms with Crippen LogP contribution in [-0.2, 0) is 6.54 Å². The lowest BCUT2D eigenvalue weighted by atomic mass is 10.1. The first-order valence-corrected chi connectivity index (χ1v) is 9.21. The van der Waals surface area contributed by atoms with E-state index in [2.05, 4.69) is 15.3 Å². The van der Waals surface area contributed by atoms with Crippen LogP contribution in [0, 0.1) is 5.92 Å². The molecule has 0 saturated heterocycles. The van der Waals surface area contributed by atoms with Gasteiger partial charge in [0.2, 0.25) is 0 Å². The van der Waals surface area contributed by atoms with E-state index in [1.165, 1.54) is 4.57 Å². The first-order valence-electron chi connectivity index (χ1n) is 9.21. The third kappa shape index (κ3) is 4.24. The molecule has 2 aliphatic carbocycles. The SMILES string of the molecule is CCn1c(=O)[nH]c(=O)c2c(C(=O)NCC(N)C3CC3)cc(C3CC3)nc21.Cl.Cl. The average Bonchev–Trinajstić information content (AvgIpc) is 3.49. The van der Waals surface area contributed by atoms with Gasteiger partial charge in [-0.05, 0) is 44.6 Å². The van der Waals surface area contributed by atoms with Gasteiger partial charge in [-0.15, -0.1) is 24.8 Å². The van der Waals surface area contributed by atoms with E-state index in [9.17, 15) is 14.4 Å². The lowest BCUT2D eigenvalue weighted by Gasteiger charge is -2.14. The fourth-order valence-electron chi connectivity index (χ4n) is 3.35. The molecule has 1 atom stereocenters. The van der Waals surface area contributed by atoms with E-state index in [4.69, 9.17) is 5.73 Å². The maximum absolute atomic E-state index is 12.8. The van der Waals surface area contributed by atoms with Crippen molar-refractivity contribution in [3.05, 3.63) is 38.2 Å². The molecule has 0 aromatic carbocycles. The number of nitrogens with one attached hydrogen (secondary N) is 2. The number of aromatic amines is 1. The van der Waals surface area contributed by atoms with Crippen molar-refractivity contribution in [1.29, 1.82) is 0 Å². The molecule has 0 bridgehead atoms. The van der Waals surface area contributed by atoms with Crippen molar-refractivity contribution in [2.24, 2.45) is 11.7 Å². The number of hydrogen-bond donors (Lipinski definition) is 3. The summed E-state index contributed by atoms with van der Waals surface area (Å²) in [7, 11) is 0. The molecule has 154 valence electrons. The summed E-state index contributed by atoms with van der Waals surface area (Å²) >= 11 is 0. The van der Waals surface area contributed by atoms with E-state index in [-0.39, 0.29) is 53.4 Å². The van der Waals surface area contributed by atoms with Gasteiger partial charge in [0.15, 0.2) is 5.65 Å². The Morgan fingerprint density at radius 2 is 2.00 bits per heavy atom. The standard InChI is InChI=1S/C18H23N5O3.2ClH/c1-2-23-15-14(17(25)22-18(23)26)11(7-13(21-15)10-5-6-10)16(24)20-8-12(19)9-3-4-9;;/h7,9-10,12H,2-6,8,19H2,1H3,(H,20,24)(H,22,25,26);2*1H. The average molecular weight is 430 g/mol. The Morgan fingerprint density at radius 1 is 1.32 bits per heavy atom. The van der Waals surface area contributed by atoms with Crippen LogP contribution in [0.25, 0.3) is 11.0 Å². The molecule has 8 nitrogen and oxygen atoms in total. The minimum atomic E-state index is -0.582. The molecule has 4 rings (SSSR count). The quantitative estimate of drug-likeness (QED) is 0.638. The lowest BCUT2D eigenvalue weighted by molar-refractivity contribution is 0.0951. The summed E-state index contributed by atoms with van der Waals surface area (Å²) in [6.07, 6.45) is 4.21. The second kappa shape index (κ2) is 8.63. The second-order valence-corrected chi connectivity index (χ2v) is 7.28. The number of H-pyrrole nitrogens is 1. The molecule has 0 aliphatic heterocycles. The molecule has 10 heteroatoms. The largest absolute Gasteiger partial charge is 0.350 e. The van der Waals surface area contributed by atoms with E-state index in [1.54, 1.807) is 13.0 Å². The number of aromatic nitrogens is 3. The van der Waals surface area contributed by atoms with Crippen LogP contribution in [0.3, 0.4) is 0 Å². The van der Waals surface area contributed by atoms with E-state index in [1.807, 2.05) is 0 Å². The molecule has 2 aromatic heterocycles. The zero-order valence-electron chi connectivity index (χ0n) is 15.6. The number of rotatable bonds is 6. The summed E-state index contributed by atoms with van der Waals surface area (Å²) in [5.74, 6) is 0.418. The predicted molar refractivity (Wildman–Crippen MR) is 112 cm³/mol. The number of nitrogens with zero attached hydrogens (tertiary/aromatic N) is 2. The number of aryl methyl sites for hydroxylation is 1. The highest BCUT2D eigenvalue weighted by molar-refractivity contribution is 6.05. The molecular weight excluding hydrogens is 405 g/mol. The molecule has 28 heavy (non-hydrogen) atoms. The van der Waals surface area contributed by atoms with E-state index < -0.39 is 11.2 Å². The zero-order chi connectivity index (χ0) is 18.4. The van der Waals surface area contributed by atoms with Gasteiger partial charge < -0.3 is 11.1 Å². The van der Waals surface area contributed by atoms with Gasteiger partial charge in [-0.25, -0.2) is 9.78 Å². The molecule has 2 aliphatic rings. The van der Waals surface area contributed by atoms with Crippen molar-refractivity contribution >= 4 is 41.8 Å². The Kier molecular flexibility index (Phi) is 6.90. The van der Waals surface area contributed by atoms with Crippen molar-refractivity contribution in [1.82, 2.24) is 19.9 Å². The van der Waals surface area contributed by atoms with Crippen LogP contribution in [0.2, 0.25) is 0 Å². The number of pyridine rings is 1. The summed E-state index contributed by atoms with van der Waals surface area (Å²) in [5, 5.41) is 3.01. The molecule has 0 radical (unpaired) electrons. The fourth-order valence-corrected chi connectivity index (χ4v) is 3.35. The first kappa shape index (κ1) is 22.4. The summed E-state index contributed by atoms with van der Waals surface area (Å²) in [6.45, 7) is 2.54. The van der Waals surface area contributed by atoms with Crippen LogP contribution >= 0.6 is 24.8 Å². The van der Waals surface area contributed by atoms with Gasteiger partial charge >= 0.3 is 5.69 Å². The maximum atomic E-state index is 12.8. The predicted octanol–water partition coefficient (Wildman–Crippen LogP) is 1.29. The Bertz CT molecular complexity index is 995. The number of carbonyl (C=O) groups excluding carboxylic acids is 1. The maximum Gasteiger partial charge on any atom is 0.329 e. The Balaban J connectivity index is 0.00000140. The fraction of sp³-hybridized carbons (Fsp3) is 0.556. The number of hydrogen-bond acceptors (Lipinski definition) is 5. The van der Waals surface area contributed by atoms with Crippen LogP contribution in [0.4, 0.5) is 0 Å². The van der Waals surface area contributed by atoms with E-state index in [0.717, 1.165) is 31.4 Å². The molecule has 2 saturated carbocycles. The normalized spacial score (nSPS) is 16.8. The van der Waals surface area contributed by atoms with E-state index >= 15 is 0 Å². The highest BCUT2D eigenvalue weighted by Crippen LogP contribution is 2.39. The lowest BCUT2D eigenvalue weighted by Crippen LogP contribution is -2.39. The molecule has 1 unspecified atom stereocenters. The Labute approximate surface area is 174 Å². The first-order chi connectivity index (χ1) is 12.5. The van der Waals surface area contributed by atoms with Crippen molar-refractivity contribution < 1.29 is 4.79 Å². The number of halogens is 2. The molecule has 2 fully saturated rings. The van der Waals surface area contributed by atoms with Crippen molar-refractivity contribution in [3.8, 4) is 0 Å². The third-order valence-electron chi connectivity index (χ3n) is 5.25. The smallest absolute Gasteiger partial charge is 0.329 e. The molecule has 0 spiro atoms. The summed E-state index contributed by atoms with van der Waals surface area (Å²) in [5.41, 5.74) is 6.28. The van der Waals surface area contributed by atoms with Crippen LogP contribution in [0.5, 0.6) is 0 Å². The van der Waals surface area contributed by atoms with E-state index in [0.29, 0.717) is 24.9 Å². The minimum Gasteiger partial charge on any atom is -0.350 e. The number of nitrogens with two attached hydrogens (primary N) is 1. The van der Waals surface area contributed by atoms with Crippen LogP contribution < -0.4 is 22.3 Å².